The number of rotatable bonds is 6. The molecule has 0 spiro atoms. The summed E-state index contributed by atoms with van der Waals surface area (Å²) in [6, 6.07) is 15.7. The van der Waals surface area contributed by atoms with Crippen LogP contribution in [0, 0.1) is 0 Å². The summed E-state index contributed by atoms with van der Waals surface area (Å²) in [7, 11) is 0. The fraction of sp³-hybridized carbons (Fsp3) is 0.158. The fourth-order valence-electron chi connectivity index (χ4n) is 2.57. The molecule has 0 saturated heterocycles. The molecule has 0 aliphatic carbocycles. The molecule has 0 radical (unpaired) electrons. The first-order valence-electron chi connectivity index (χ1n) is 8.43. The maximum Gasteiger partial charge on any atom is 0.237 e. The highest BCUT2D eigenvalue weighted by Gasteiger charge is 2.12. The van der Waals surface area contributed by atoms with Crippen LogP contribution >= 0.6 is 23.4 Å². The van der Waals surface area contributed by atoms with Crippen molar-refractivity contribution in [3.8, 4) is 17.1 Å². The van der Waals surface area contributed by atoms with Gasteiger partial charge in [-0.3, -0.25) is 4.57 Å². The average Bonchev–Trinajstić information content (AvgIpc) is 3.36. The number of hydrogen-bond acceptors (Lipinski definition) is 6. The van der Waals surface area contributed by atoms with E-state index in [2.05, 4.69) is 39.4 Å². The average molecular weight is 398 g/mol. The van der Waals surface area contributed by atoms with E-state index in [1.165, 1.54) is 17.3 Å². The van der Waals surface area contributed by atoms with Crippen molar-refractivity contribution in [3.63, 3.8) is 0 Å². The van der Waals surface area contributed by atoms with Crippen molar-refractivity contribution < 1.29 is 4.52 Å². The van der Waals surface area contributed by atoms with Gasteiger partial charge < -0.3 is 4.52 Å². The second-order valence-corrected chi connectivity index (χ2v) is 7.19. The first kappa shape index (κ1) is 17.8. The molecule has 6 nitrogen and oxygen atoms in total. The molecule has 0 atom stereocenters. The Morgan fingerprint density at radius 2 is 2.00 bits per heavy atom. The Bertz CT molecular complexity index is 1040. The third-order valence-electron chi connectivity index (χ3n) is 4.02. The highest BCUT2D eigenvalue weighted by Crippen LogP contribution is 2.25. The zero-order chi connectivity index (χ0) is 18.6. The van der Waals surface area contributed by atoms with E-state index in [0.29, 0.717) is 22.5 Å². The second-order valence-electron chi connectivity index (χ2n) is 5.81. The predicted molar refractivity (Wildman–Crippen MR) is 105 cm³/mol. The van der Waals surface area contributed by atoms with E-state index in [4.69, 9.17) is 16.1 Å². The van der Waals surface area contributed by atoms with Crippen molar-refractivity contribution in [1.29, 1.82) is 0 Å². The third-order valence-corrected chi connectivity index (χ3v) is 5.18. The topological polar surface area (TPSA) is 69.6 Å². The summed E-state index contributed by atoms with van der Waals surface area (Å²) < 4.78 is 7.25. The molecule has 0 unspecified atom stereocenters. The van der Waals surface area contributed by atoms with Crippen molar-refractivity contribution in [3.05, 3.63) is 71.3 Å². The monoisotopic (exact) mass is 397 g/mol. The molecule has 8 heteroatoms. The van der Waals surface area contributed by atoms with E-state index >= 15 is 0 Å². The Morgan fingerprint density at radius 1 is 1.15 bits per heavy atom. The molecule has 0 amide bonds. The molecular weight excluding hydrogens is 382 g/mol. The summed E-state index contributed by atoms with van der Waals surface area (Å²) in [4.78, 5) is 4.47. The number of benzene rings is 2. The van der Waals surface area contributed by atoms with Crippen LogP contribution in [-0.4, -0.2) is 24.9 Å². The molecule has 0 fully saturated rings. The highest BCUT2D eigenvalue weighted by molar-refractivity contribution is 7.98. The lowest BCUT2D eigenvalue weighted by molar-refractivity contribution is 0.391. The van der Waals surface area contributed by atoms with E-state index in [-0.39, 0.29) is 0 Å². The summed E-state index contributed by atoms with van der Waals surface area (Å²) in [5, 5.41) is 13.6. The van der Waals surface area contributed by atoms with E-state index in [1.54, 1.807) is 6.33 Å². The number of halogens is 1. The number of aryl methyl sites for hydroxylation is 1. The van der Waals surface area contributed by atoms with Crippen LogP contribution < -0.4 is 0 Å². The van der Waals surface area contributed by atoms with Gasteiger partial charge in [-0.15, -0.1) is 10.2 Å². The first-order chi connectivity index (χ1) is 13.2. The normalized spacial score (nSPS) is 11.0. The van der Waals surface area contributed by atoms with Crippen molar-refractivity contribution in [2.75, 3.05) is 0 Å². The molecule has 2 heterocycles. The zero-order valence-corrected chi connectivity index (χ0v) is 16.1. The van der Waals surface area contributed by atoms with Crippen LogP contribution in [0.3, 0.4) is 0 Å². The standard InChI is InChI=1S/C19H16ClN5OS/c1-2-13-6-8-14(9-7-13)18-22-17(26-24-18)11-27-19-23-21-12-25(19)16-5-3-4-15(20)10-16/h3-10,12H,2,11H2,1H3. The smallest absolute Gasteiger partial charge is 0.237 e. The third kappa shape index (κ3) is 4.04. The van der Waals surface area contributed by atoms with Crippen LogP contribution in [0.2, 0.25) is 5.02 Å². The van der Waals surface area contributed by atoms with E-state index in [0.717, 1.165) is 22.8 Å². The van der Waals surface area contributed by atoms with Crippen LogP contribution in [-0.2, 0) is 12.2 Å². The Morgan fingerprint density at radius 3 is 2.78 bits per heavy atom. The molecule has 0 saturated carbocycles. The highest BCUT2D eigenvalue weighted by atomic mass is 35.5. The minimum absolute atomic E-state index is 0.499. The zero-order valence-electron chi connectivity index (χ0n) is 14.5. The maximum absolute atomic E-state index is 6.07. The van der Waals surface area contributed by atoms with Gasteiger partial charge in [0.25, 0.3) is 0 Å². The Labute approximate surface area is 165 Å². The molecular formula is C19H16ClN5OS. The van der Waals surface area contributed by atoms with Gasteiger partial charge in [-0.25, -0.2) is 0 Å². The Hall–Kier alpha value is -2.64. The number of thioether (sulfide) groups is 1. The summed E-state index contributed by atoms with van der Waals surface area (Å²) in [5.41, 5.74) is 3.12. The summed E-state index contributed by atoms with van der Waals surface area (Å²) in [5.74, 6) is 1.62. The van der Waals surface area contributed by atoms with Crippen molar-refractivity contribution in [2.24, 2.45) is 0 Å². The van der Waals surface area contributed by atoms with Crippen molar-refractivity contribution in [1.82, 2.24) is 24.9 Å². The van der Waals surface area contributed by atoms with Crippen LogP contribution in [0.25, 0.3) is 17.1 Å². The molecule has 0 bridgehead atoms. The summed E-state index contributed by atoms with van der Waals surface area (Å²) >= 11 is 7.54. The predicted octanol–water partition coefficient (Wildman–Crippen LogP) is 4.83. The summed E-state index contributed by atoms with van der Waals surface area (Å²) in [6.45, 7) is 2.13. The lowest BCUT2D eigenvalue weighted by Crippen LogP contribution is -1.95. The Kier molecular flexibility index (Phi) is 5.22. The van der Waals surface area contributed by atoms with Crippen molar-refractivity contribution in [2.45, 2.75) is 24.3 Å². The molecule has 0 aliphatic heterocycles. The van der Waals surface area contributed by atoms with Crippen LogP contribution in [0.1, 0.15) is 18.4 Å². The van der Waals surface area contributed by atoms with Crippen LogP contribution in [0.15, 0.2) is 64.5 Å². The second kappa shape index (κ2) is 7.94. The van der Waals surface area contributed by atoms with Gasteiger partial charge in [0, 0.05) is 10.6 Å². The minimum atomic E-state index is 0.499. The van der Waals surface area contributed by atoms with E-state index in [1.807, 2.05) is 41.0 Å². The van der Waals surface area contributed by atoms with Gasteiger partial charge in [0.15, 0.2) is 5.16 Å². The van der Waals surface area contributed by atoms with Gasteiger partial charge >= 0.3 is 0 Å². The molecule has 0 aliphatic rings. The molecule has 0 N–H and O–H groups in total. The number of nitrogens with zero attached hydrogens (tertiary/aromatic N) is 5. The van der Waals surface area contributed by atoms with Gasteiger partial charge in [-0.1, -0.05) is 65.8 Å². The van der Waals surface area contributed by atoms with Gasteiger partial charge in [0.05, 0.1) is 11.4 Å². The van der Waals surface area contributed by atoms with E-state index < -0.39 is 0 Å². The summed E-state index contributed by atoms with van der Waals surface area (Å²) in [6.07, 6.45) is 2.66. The van der Waals surface area contributed by atoms with Gasteiger partial charge in [0.1, 0.15) is 6.33 Å². The van der Waals surface area contributed by atoms with E-state index in [9.17, 15) is 0 Å². The first-order valence-corrected chi connectivity index (χ1v) is 9.80. The number of hydrogen-bond donors (Lipinski definition) is 0. The molecule has 136 valence electrons. The molecule has 2 aromatic carbocycles. The SMILES string of the molecule is CCc1ccc(-c2noc(CSc3nncn3-c3cccc(Cl)c3)n2)cc1. The molecule has 27 heavy (non-hydrogen) atoms. The minimum Gasteiger partial charge on any atom is -0.338 e. The van der Waals surface area contributed by atoms with Crippen LogP contribution in [0.4, 0.5) is 0 Å². The lowest BCUT2D eigenvalue weighted by Gasteiger charge is -2.05. The Balaban J connectivity index is 1.47. The quantitative estimate of drug-likeness (QED) is 0.434. The van der Waals surface area contributed by atoms with Crippen LogP contribution in [0.5, 0.6) is 0 Å². The van der Waals surface area contributed by atoms with Gasteiger partial charge in [0.2, 0.25) is 11.7 Å². The number of aromatic nitrogens is 5. The largest absolute Gasteiger partial charge is 0.338 e. The lowest BCUT2D eigenvalue weighted by atomic mass is 10.1. The van der Waals surface area contributed by atoms with Gasteiger partial charge in [-0.05, 0) is 30.2 Å². The fourth-order valence-corrected chi connectivity index (χ4v) is 3.52. The molecule has 4 rings (SSSR count). The maximum atomic E-state index is 6.07. The molecule has 4 aromatic rings. The molecule has 2 aromatic heterocycles. The van der Waals surface area contributed by atoms with Crippen molar-refractivity contribution >= 4 is 23.4 Å². The van der Waals surface area contributed by atoms with Gasteiger partial charge in [-0.2, -0.15) is 4.98 Å².